The number of nitrogens with two attached hydrogens (primary N) is 1. The summed E-state index contributed by atoms with van der Waals surface area (Å²) in [5, 5.41) is 0. The Bertz CT molecular complexity index is 492. The van der Waals surface area contributed by atoms with Gasteiger partial charge >= 0.3 is 0 Å². The molecule has 3 N–H and O–H groups in total. The molecule has 1 aromatic rings. The summed E-state index contributed by atoms with van der Waals surface area (Å²) >= 11 is 0. The first-order chi connectivity index (χ1) is 8.94. The Balaban J connectivity index is 2.68. The number of likely N-dealkylation sites (N-methyl/N-ethyl adjacent to an activating group) is 1. The molecule has 0 saturated heterocycles. The van der Waals surface area contributed by atoms with Crippen LogP contribution in [0.15, 0.2) is 15.4 Å². The van der Waals surface area contributed by atoms with Crippen LogP contribution in [0.3, 0.4) is 0 Å². The van der Waals surface area contributed by atoms with Crippen molar-refractivity contribution in [2.45, 2.75) is 32.2 Å². The topological polar surface area (TPSA) is 88.6 Å². The number of nitrogens with one attached hydrogen (secondary N) is 1. The summed E-state index contributed by atoms with van der Waals surface area (Å²) in [6.07, 6.45) is 0. The van der Waals surface area contributed by atoms with Crippen molar-refractivity contribution in [1.82, 2.24) is 9.62 Å². The second kappa shape index (κ2) is 7.04. The summed E-state index contributed by atoms with van der Waals surface area (Å²) in [5.41, 5.74) is 5.44. The van der Waals surface area contributed by atoms with Crippen molar-refractivity contribution in [1.29, 1.82) is 0 Å². The Labute approximate surface area is 115 Å². The van der Waals surface area contributed by atoms with E-state index in [2.05, 4.69) is 9.62 Å². The first-order valence-electron chi connectivity index (χ1n) is 6.46. The summed E-state index contributed by atoms with van der Waals surface area (Å²) in [6.45, 7) is 8.78. The van der Waals surface area contributed by atoms with Crippen molar-refractivity contribution in [2.24, 2.45) is 5.73 Å². The van der Waals surface area contributed by atoms with Gasteiger partial charge in [0, 0.05) is 19.2 Å². The van der Waals surface area contributed by atoms with Gasteiger partial charge in [0.1, 0.15) is 16.4 Å². The van der Waals surface area contributed by atoms with Crippen molar-refractivity contribution in [3.63, 3.8) is 0 Å². The van der Waals surface area contributed by atoms with Gasteiger partial charge in [0.25, 0.3) is 0 Å². The first kappa shape index (κ1) is 16.2. The maximum absolute atomic E-state index is 12.1. The highest BCUT2D eigenvalue weighted by molar-refractivity contribution is 7.89. The number of rotatable bonds is 8. The average Bonchev–Trinajstić information content (AvgIpc) is 2.77. The molecule has 0 atom stereocenters. The van der Waals surface area contributed by atoms with Gasteiger partial charge in [0.15, 0.2) is 0 Å². The van der Waals surface area contributed by atoms with Crippen LogP contribution >= 0.6 is 0 Å². The van der Waals surface area contributed by atoms with E-state index in [-0.39, 0.29) is 11.4 Å². The Morgan fingerprint density at radius 1 is 1.37 bits per heavy atom. The molecule has 0 spiro atoms. The molecule has 110 valence electrons. The summed E-state index contributed by atoms with van der Waals surface area (Å²) in [5.74, 6) is 0.845. The van der Waals surface area contributed by atoms with Crippen LogP contribution in [0.25, 0.3) is 0 Å². The maximum atomic E-state index is 12.1. The van der Waals surface area contributed by atoms with E-state index in [1.165, 1.54) is 6.07 Å². The van der Waals surface area contributed by atoms with E-state index < -0.39 is 10.0 Å². The summed E-state index contributed by atoms with van der Waals surface area (Å²) in [7, 11) is -3.52. The summed E-state index contributed by atoms with van der Waals surface area (Å²) in [4.78, 5) is 2.32. The van der Waals surface area contributed by atoms with Crippen molar-refractivity contribution >= 4 is 10.0 Å². The van der Waals surface area contributed by atoms with Gasteiger partial charge in [-0.15, -0.1) is 0 Å². The second-order valence-corrected chi connectivity index (χ2v) is 6.00. The van der Waals surface area contributed by atoms with Gasteiger partial charge < -0.3 is 15.1 Å². The predicted molar refractivity (Wildman–Crippen MR) is 74.3 cm³/mol. The highest BCUT2D eigenvalue weighted by Gasteiger charge is 2.20. The minimum atomic E-state index is -3.52. The van der Waals surface area contributed by atoms with Gasteiger partial charge in [-0.2, -0.15) is 0 Å². The second-order valence-electron chi connectivity index (χ2n) is 4.26. The molecule has 0 aliphatic heterocycles. The predicted octanol–water partition coefficient (Wildman–Crippen LogP) is 0.667. The fraction of sp³-hybridized carbons (Fsp3) is 0.667. The standard InChI is InChI=1S/C12H23N3O3S/c1-4-15(5-2)7-6-14-19(16,17)12-8-11(9-13)18-10(12)3/h8,14H,4-7,9,13H2,1-3H3. The molecule has 0 bridgehead atoms. The monoisotopic (exact) mass is 289 g/mol. The van der Waals surface area contributed by atoms with Gasteiger partial charge in [-0.1, -0.05) is 13.8 Å². The smallest absolute Gasteiger partial charge is 0.244 e. The molecule has 0 unspecified atom stereocenters. The number of hydrogen-bond donors (Lipinski definition) is 2. The lowest BCUT2D eigenvalue weighted by atomic mass is 10.4. The van der Waals surface area contributed by atoms with Crippen LogP contribution in [-0.4, -0.2) is 39.5 Å². The SMILES string of the molecule is CCN(CC)CCNS(=O)(=O)c1cc(CN)oc1C. The largest absolute Gasteiger partial charge is 0.464 e. The van der Waals surface area contributed by atoms with Crippen LogP contribution in [-0.2, 0) is 16.6 Å². The zero-order valence-corrected chi connectivity index (χ0v) is 12.6. The Hall–Kier alpha value is -0.890. The molecular formula is C12H23N3O3S. The highest BCUT2D eigenvalue weighted by atomic mass is 32.2. The van der Waals surface area contributed by atoms with E-state index in [0.717, 1.165) is 13.1 Å². The normalized spacial score (nSPS) is 12.3. The minimum Gasteiger partial charge on any atom is -0.464 e. The number of hydrogen-bond acceptors (Lipinski definition) is 5. The zero-order valence-electron chi connectivity index (χ0n) is 11.8. The minimum absolute atomic E-state index is 0.174. The van der Waals surface area contributed by atoms with Crippen LogP contribution in [0.5, 0.6) is 0 Å². The van der Waals surface area contributed by atoms with Crippen LogP contribution in [0, 0.1) is 6.92 Å². The van der Waals surface area contributed by atoms with Crippen molar-refractivity contribution in [3.05, 3.63) is 17.6 Å². The van der Waals surface area contributed by atoms with Crippen LogP contribution in [0.4, 0.5) is 0 Å². The molecule has 19 heavy (non-hydrogen) atoms. The van der Waals surface area contributed by atoms with E-state index in [1.807, 2.05) is 13.8 Å². The van der Waals surface area contributed by atoms with Crippen LogP contribution in [0.2, 0.25) is 0 Å². The molecule has 0 aliphatic rings. The fourth-order valence-electron chi connectivity index (χ4n) is 1.85. The van der Waals surface area contributed by atoms with E-state index in [0.29, 0.717) is 24.6 Å². The van der Waals surface area contributed by atoms with Crippen LogP contribution in [0.1, 0.15) is 25.4 Å². The lowest BCUT2D eigenvalue weighted by molar-refractivity contribution is 0.309. The molecule has 0 amide bonds. The van der Waals surface area contributed by atoms with Gasteiger partial charge in [-0.05, 0) is 20.0 Å². The van der Waals surface area contributed by atoms with Crippen molar-refractivity contribution in [2.75, 3.05) is 26.2 Å². The molecule has 1 aromatic heterocycles. The zero-order chi connectivity index (χ0) is 14.5. The first-order valence-corrected chi connectivity index (χ1v) is 7.94. The Kier molecular flexibility index (Phi) is 5.99. The fourth-order valence-corrected chi connectivity index (χ4v) is 3.07. The molecule has 7 heteroatoms. The average molecular weight is 289 g/mol. The third-order valence-corrected chi connectivity index (χ3v) is 4.60. The van der Waals surface area contributed by atoms with Gasteiger partial charge in [0.2, 0.25) is 10.0 Å². The lowest BCUT2D eigenvalue weighted by Crippen LogP contribution is -2.34. The van der Waals surface area contributed by atoms with E-state index in [1.54, 1.807) is 6.92 Å². The highest BCUT2D eigenvalue weighted by Crippen LogP contribution is 2.19. The molecule has 0 fully saturated rings. The quantitative estimate of drug-likeness (QED) is 0.734. The number of furan rings is 1. The maximum Gasteiger partial charge on any atom is 0.244 e. The van der Waals surface area contributed by atoms with E-state index in [4.69, 9.17) is 10.2 Å². The molecule has 0 saturated carbocycles. The van der Waals surface area contributed by atoms with E-state index in [9.17, 15) is 8.42 Å². The Morgan fingerprint density at radius 3 is 2.47 bits per heavy atom. The molecule has 1 heterocycles. The van der Waals surface area contributed by atoms with Crippen molar-refractivity contribution < 1.29 is 12.8 Å². The lowest BCUT2D eigenvalue weighted by Gasteiger charge is -2.17. The Morgan fingerprint density at radius 2 is 2.00 bits per heavy atom. The van der Waals surface area contributed by atoms with Crippen LogP contribution < -0.4 is 10.5 Å². The molecule has 0 aromatic carbocycles. The molecule has 0 aliphatic carbocycles. The number of nitrogens with zero attached hydrogens (tertiary/aromatic N) is 1. The molecule has 6 nitrogen and oxygen atoms in total. The summed E-state index contributed by atoms with van der Waals surface area (Å²) in [6, 6.07) is 1.48. The molecule has 1 rings (SSSR count). The molecule has 0 radical (unpaired) electrons. The summed E-state index contributed by atoms with van der Waals surface area (Å²) < 4.78 is 32.1. The van der Waals surface area contributed by atoms with E-state index >= 15 is 0 Å². The van der Waals surface area contributed by atoms with Gasteiger partial charge in [-0.3, -0.25) is 0 Å². The number of aryl methyl sites for hydroxylation is 1. The third-order valence-electron chi connectivity index (χ3n) is 3.03. The van der Waals surface area contributed by atoms with Gasteiger partial charge in [0.05, 0.1) is 6.54 Å². The van der Waals surface area contributed by atoms with Gasteiger partial charge in [-0.25, -0.2) is 13.1 Å². The number of sulfonamides is 1. The molecular weight excluding hydrogens is 266 g/mol. The van der Waals surface area contributed by atoms with Crippen molar-refractivity contribution in [3.8, 4) is 0 Å². The third kappa shape index (κ3) is 4.31.